The number of nitrogens with zero attached hydrogens (tertiary/aromatic N) is 1. The van der Waals surface area contributed by atoms with Crippen LogP contribution >= 0.6 is 23.2 Å². The van der Waals surface area contributed by atoms with Crippen molar-refractivity contribution in [1.82, 2.24) is 0 Å². The van der Waals surface area contributed by atoms with E-state index >= 15 is 0 Å². The average molecular weight is 229 g/mol. The molecule has 0 saturated carbocycles. The van der Waals surface area contributed by atoms with Crippen LogP contribution in [0.3, 0.4) is 0 Å². The minimum Gasteiger partial charge on any atom is -0.382 e. The van der Waals surface area contributed by atoms with E-state index in [2.05, 4.69) is 11.4 Å². The predicted octanol–water partition coefficient (Wildman–Crippen LogP) is 3.71. The maximum Gasteiger partial charge on any atom is 0.0643 e. The molecule has 0 amide bonds. The van der Waals surface area contributed by atoms with Gasteiger partial charge in [0.05, 0.1) is 22.5 Å². The van der Waals surface area contributed by atoms with Crippen molar-refractivity contribution in [2.45, 2.75) is 19.4 Å². The van der Waals surface area contributed by atoms with Gasteiger partial charge in [-0.3, -0.25) is 0 Å². The summed E-state index contributed by atoms with van der Waals surface area (Å²) in [5.41, 5.74) is 0.877. The second kappa shape index (κ2) is 5.09. The van der Waals surface area contributed by atoms with Crippen LogP contribution in [0.15, 0.2) is 18.2 Å². The summed E-state index contributed by atoms with van der Waals surface area (Å²) in [5.74, 6) is 0. The number of rotatable bonds is 3. The number of nitriles is 1. The monoisotopic (exact) mass is 228 g/mol. The number of benzene rings is 1. The van der Waals surface area contributed by atoms with Gasteiger partial charge >= 0.3 is 0 Å². The van der Waals surface area contributed by atoms with E-state index in [-0.39, 0.29) is 6.04 Å². The predicted molar refractivity (Wildman–Crippen MR) is 59.8 cm³/mol. The Labute approximate surface area is 93.4 Å². The molecule has 14 heavy (non-hydrogen) atoms. The summed E-state index contributed by atoms with van der Waals surface area (Å²) in [7, 11) is 0. The Morgan fingerprint density at radius 1 is 1.43 bits per heavy atom. The fourth-order valence-corrected chi connectivity index (χ4v) is 1.36. The third-order valence-electron chi connectivity index (χ3n) is 1.73. The van der Waals surface area contributed by atoms with Crippen LogP contribution in [0.5, 0.6) is 0 Å². The van der Waals surface area contributed by atoms with Crippen molar-refractivity contribution in [2.24, 2.45) is 0 Å². The zero-order valence-electron chi connectivity index (χ0n) is 7.72. The van der Waals surface area contributed by atoms with Gasteiger partial charge in [-0.25, -0.2) is 0 Å². The number of hydrogen-bond acceptors (Lipinski definition) is 2. The average Bonchev–Trinajstić information content (AvgIpc) is 2.12. The number of nitrogens with one attached hydrogen (secondary N) is 1. The van der Waals surface area contributed by atoms with E-state index in [4.69, 9.17) is 28.5 Å². The van der Waals surface area contributed by atoms with Gasteiger partial charge in [-0.15, -0.1) is 0 Å². The third-order valence-corrected chi connectivity index (χ3v) is 2.47. The number of anilines is 1. The highest BCUT2D eigenvalue weighted by Gasteiger charge is 2.03. The summed E-state index contributed by atoms with van der Waals surface area (Å²) >= 11 is 11.6. The van der Waals surface area contributed by atoms with E-state index in [0.717, 1.165) is 5.69 Å². The molecule has 0 aromatic heterocycles. The molecule has 0 aliphatic carbocycles. The lowest BCUT2D eigenvalue weighted by atomic mass is 10.2. The highest BCUT2D eigenvalue weighted by atomic mass is 35.5. The molecule has 0 radical (unpaired) electrons. The molecule has 0 saturated heterocycles. The zero-order valence-corrected chi connectivity index (χ0v) is 9.23. The van der Waals surface area contributed by atoms with E-state index < -0.39 is 0 Å². The molecule has 0 spiro atoms. The minimum absolute atomic E-state index is 0.109. The molecule has 1 rings (SSSR count). The van der Waals surface area contributed by atoms with Gasteiger partial charge in [-0.2, -0.15) is 5.26 Å². The molecule has 1 aromatic carbocycles. The van der Waals surface area contributed by atoms with Gasteiger partial charge in [0.15, 0.2) is 0 Å². The van der Waals surface area contributed by atoms with Gasteiger partial charge in [0, 0.05) is 11.7 Å². The highest BCUT2D eigenvalue weighted by Crippen LogP contribution is 2.25. The van der Waals surface area contributed by atoms with Crippen LogP contribution in [0.1, 0.15) is 13.3 Å². The van der Waals surface area contributed by atoms with E-state index in [1.165, 1.54) is 0 Å². The van der Waals surface area contributed by atoms with Crippen LogP contribution in [0.4, 0.5) is 5.69 Å². The van der Waals surface area contributed by atoms with Crippen LogP contribution in [-0.4, -0.2) is 6.04 Å². The van der Waals surface area contributed by atoms with Crippen LogP contribution in [0.25, 0.3) is 0 Å². The Hall–Kier alpha value is -0.910. The van der Waals surface area contributed by atoms with Crippen LogP contribution in [0, 0.1) is 11.3 Å². The van der Waals surface area contributed by atoms with Gasteiger partial charge in [0.25, 0.3) is 0 Å². The molecular weight excluding hydrogens is 219 g/mol. The Kier molecular flexibility index (Phi) is 4.06. The second-order valence-corrected chi connectivity index (χ2v) is 3.85. The number of halogens is 2. The lowest BCUT2D eigenvalue weighted by Crippen LogP contribution is -2.13. The van der Waals surface area contributed by atoms with Gasteiger partial charge in [0.1, 0.15) is 0 Å². The SMILES string of the molecule is CC(CC#N)Nc1ccc(Cl)c(Cl)c1. The molecule has 1 atom stereocenters. The van der Waals surface area contributed by atoms with Gasteiger partial charge in [-0.05, 0) is 25.1 Å². The van der Waals surface area contributed by atoms with Crippen LogP contribution in [0.2, 0.25) is 10.0 Å². The van der Waals surface area contributed by atoms with Crippen LogP contribution < -0.4 is 5.32 Å². The quantitative estimate of drug-likeness (QED) is 0.857. The van der Waals surface area contributed by atoms with Crippen molar-refractivity contribution in [1.29, 1.82) is 5.26 Å². The lowest BCUT2D eigenvalue weighted by molar-refractivity contribution is 0.821. The first-order chi connectivity index (χ1) is 6.63. The Morgan fingerprint density at radius 2 is 2.14 bits per heavy atom. The van der Waals surface area contributed by atoms with Crippen molar-refractivity contribution >= 4 is 28.9 Å². The van der Waals surface area contributed by atoms with E-state index in [1.807, 2.05) is 13.0 Å². The molecule has 1 N–H and O–H groups in total. The summed E-state index contributed by atoms with van der Waals surface area (Å²) in [4.78, 5) is 0. The van der Waals surface area contributed by atoms with Crippen LogP contribution in [-0.2, 0) is 0 Å². The van der Waals surface area contributed by atoms with E-state index in [9.17, 15) is 0 Å². The van der Waals surface area contributed by atoms with Crippen molar-refractivity contribution in [3.63, 3.8) is 0 Å². The van der Waals surface area contributed by atoms with Crippen molar-refractivity contribution < 1.29 is 0 Å². The highest BCUT2D eigenvalue weighted by molar-refractivity contribution is 6.42. The summed E-state index contributed by atoms with van der Waals surface area (Å²) < 4.78 is 0. The molecule has 0 heterocycles. The normalized spacial score (nSPS) is 11.9. The van der Waals surface area contributed by atoms with Crippen molar-refractivity contribution in [2.75, 3.05) is 5.32 Å². The largest absolute Gasteiger partial charge is 0.382 e. The Morgan fingerprint density at radius 3 is 2.71 bits per heavy atom. The van der Waals surface area contributed by atoms with Gasteiger partial charge < -0.3 is 5.32 Å². The Bertz CT molecular complexity index is 358. The fraction of sp³-hybridized carbons (Fsp3) is 0.300. The molecule has 74 valence electrons. The van der Waals surface area contributed by atoms with E-state index in [1.54, 1.807) is 12.1 Å². The first-order valence-corrected chi connectivity index (χ1v) is 4.97. The topological polar surface area (TPSA) is 35.8 Å². The summed E-state index contributed by atoms with van der Waals surface area (Å²) in [6, 6.07) is 7.51. The van der Waals surface area contributed by atoms with Crippen molar-refractivity contribution in [3.8, 4) is 6.07 Å². The van der Waals surface area contributed by atoms with Gasteiger partial charge in [0.2, 0.25) is 0 Å². The standard InChI is InChI=1S/C10H10Cl2N2/c1-7(4-5-13)14-8-2-3-9(11)10(12)6-8/h2-3,6-7,14H,4H2,1H3. The molecule has 4 heteroatoms. The molecule has 1 aromatic rings. The third kappa shape index (κ3) is 3.10. The summed E-state index contributed by atoms with van der Waals surface area (Å²) in [6.07, 6.45) is 0.459. The molecule has 0 fully saturated rings. The molecule has 0 aliphatic heterocycles. The summed E-state index contributed by atoms with van der Waals surface area (Å²) in [6.45, 7) is 1.94. The zero-order chi connectivity index (χ0) is 10.6. The molecule has 1 unspecified atom stereocenters. The van der Waals surface area contributed by atoms with Crippen molar-refractivity contribution in [3.05, 3.63) is 28.2 Å². The minimum atomic E-state index is 0.109. The Balaban J connectivity index is 2.69. The number of hydrogen-bond donors (Lipinski definition) is 1. The smallest absolute Gasteiger partial charge is 0.0643 e. The molecule has 0 bridgehead atoms. The maximum absolute atomic E-state index is 8.48. The lowest BCUT2D eigenvalue weighted by Gasteiger charge is -2.12. The summed E-state index contributed by atoms with van der Waals surface area (Å²) in [5, 5.41) is 12.7. The first-order valence-electron chi connectivity index (χ1n) is 4.22. The van der Waals surface area contributed by atoms with E-state index in [0.29, 0.717) is 16.5 Å². The molecular formula is C10H10Cl2N2. The second-order valence-electron chi connectivity index (χ2n) is 3.04. The fourth-order valence-electron chi connectivity index (χ4n) is 1.06. The molecule has 0 aliphatic rings. The van der Waals surface area contributed by atoms with Gasteiger partial charge in [-0.1, -0.05) is 23.2 Å². The maximum atomic E-state index is 8.48. The first kappa shape index (κ1) is 11.2. The molecule has 2 nitrogen and oxygen atoms in total.